The second-order valence-corrected chi connectivity index (χ2v) is 11.6. The van der Waals surface area contributed by atoms with Crippen molar-refractivity contribution in [3.8, 4) is 28.7 Å². The summed E-state index contributed by atoms with van der Waals surface area (Å²) in [5.74, 6) is 1.41. The maximum Gasteiger partial charge on any atom is 0.328 e. The highest BCUT2D eigenvalue weighted by molar-refractivity contribution is 5.79. The van der Waals surface area contributed by atoms with Gasteiger partial charge in [0.25, 0.3) is 0 Å². The Morgan fingerprint density at radius 1 is 0.833 bits per heavy atom. The molecule has 4 rings (SSSR count). The van der Waals surface area contributed by atoms with Crippen LogP contribution >= 0.6 is 0 Å². The fraction of sp³-hybridized carbons (Fsp3) is 0.400. The minimum absolute atomic E-state index is 0.0632. The van der Waals surface area contributed by atoms with Crippen molar-refractivity contribution in [3.63, 3.8) is 0 Å². The lowest BCUT2D eigenvalue weighted by Crippen LogP contribution is -2.32. The topological polar surface area (TPSA) is 86.5 Å². The first-order valence-corrected chi connectivity index (χ1v) is 14.9. The van der Waals surface area contributed by atoms with Crippen molar-refractivity contribution >= 4 is 11.7 Å². The minimum Gasteiger partial charge on any atom is -0.494 e. The summed E-state index contributed by atoms with van der Waals surface area (Å²) in [5, 5.41) is 11.8. The monoisotopic (exact) mass is 569 g/mol. The molecule has 42 heavy (non-hydrogen) atoms. The number of rotatable bonds is 14. The zero-order valence-electron chi connectivity index (χ0n) is 25.5. The van der Waals surface area contributed by atoms with Crippen LogP contribution in [0.25, 0.3) is 22.9 Å². The molecule has 4 aromatic rings. The summed E-state index contributed by atoms with van der Waals surface area (Å²) in [5.41, 5.74) is 4.79. The third-order valence-electron chi connectivity index (χ3n) is 7.26. The number of nitrogens with one attached hydrogen (secondary N) is 1. The number of ether oxygens (including phenoxy) is 2. The van der Waals surface area contributed by atoms with Crippen molar-refractivity contribution in [2.24, 2.45) is 0 Å². The molecule has 7 nitrogen and oxygen atoms in total. The number of carbonyl (C=O) groups is 1. The molecule has 0 spiro atoms. The van der Waals surface area contributed by atoms with Gasteiger partial charge in [0.2, 0.25) is 11.8 Å². The van der Waals surface area contributed by atoms with Gasteiger partial charge >= 0.3 is 5.97 Å². The van der Waals surface area contributed by atoms with E-state index in [1.54, 1.807) is 0 Å². The Balaban J connectivity index is 1.35. The number of methoxy groups -OCH3 is 1. The van der Waals surface area contributed by atoms with Gasteiger partial charge in [-0.1, -0.05) is 77.6 Å². The molecule has 0 fully saturated rings. The van der Waals surface area contributed by atoms with Gasteiger partial charge < -0.3 is 19.2 Å². The lowest BCUT2D eigenvalue weighted by molar-refractivity contribution is -0.141. The molecule has 0 unspecified atom stereocenters. The van der Waals surface area contributed by atoms with Crippen LogP contribution < -0.4 is 10.1 Å². The number of aromatic nitrogens is 2. The van der Waals surface area contributed by atoms with Crippen LogP contribution in [0.1, 0.15) is 70.9 Å². The quantitative estimate of drug-likeness (QED) is 0.121. The van der Waals surface area contributed by atoms with Crippen LogP contribution in [0.2, 0.25) is 0 Å². The number of esters is 1. The van der Waals surface area contributed by atoms with Gasteiger partial charge in [-0.3, -0.25) is 0 Å². The van der Waals surface area contributed by atoms with Crippen LogP contribution in [0.5, 0.6) is 5.75 Å². The highest BCUT2D eigenvalue weighted by atomic mass is 16.5. The fourth-order valence-electron chi connectivity index (χ4n) is 4.67. The van der Waals surface area contributed by atoms with Crippen LogP contribution in [0.15, 0.2) is 77.2 Å². The summed E-state index contributed by atoms with van der Waals surface area (Å²) in [7, 11) is 1.41. The average Bonchev–Trinajstić information content (AvgIpc) is 3.49. The zero-order chi connectivity index (χ0) is 30.0. The summed E-state index contributed by atoms with van der Waals surface area (Å²) in [6.07, 6.45) is 6.53. The van der Waals surface area contributed by atoms with E-state index in [0.29, 0.717) is 18.2 Å². The van der Waals surface area contributed by atoms with Crippen LogP contribution in [0.3, 0.4) is 0 Å². The summed E-state index contributed by atoms with van der Waals surface area (Å²) < 4.78 is 16.9. The molecule has 0 amide bonds. The largest absolute Gasteiger partial charge is 0.494 e. The zero-order valence-corrected chi connectivity index (χ0v) is 25.5. The van der Waals surface area contributed by atoms with Crippen molar-refractivity contribution in [1.82, 2.24) is 10.2 Å². The first-order chi connectivity index (χ1) is 20.3. The van der Waals surface area contributed by atoms with E-state index >= 15 is 0 Å². The lowest BCUT2D eigenvalue weighted by atomic mass is 9.87. The van der Waals surface area contributed by atoms with Crippen molar-refractivity contribution in [1.29, 1.82) is 0 Å². The molecule has 0 bridgehead atoms. The van der Waals surface area contributed by atoms with Crippen molar-refractivity contribution < 1.29 is 18.7 Å². The van der Waals surface area contributed by atoms with Gasteiger partial charge in [0.15, 0.2) is 0 Å². The molecule has 0 aliphatic rings. The normalized spacial score (nSPS) is 12.1. The Hall–Kier alpha value is -4.13. The second-order valence-electron chi connectivity index (χ2n) is 11.6. The molecule has 0 saturated heterocycles. The Labute approximate surface area is 249 Å². The molecule has 0 radical (unpaired) electrons. The number of nitrogens with zero attached hydrogens (tertiary/aromatic N) is 2. The molecule has 1 atom stereocenters. The number of unbranched alkanes of at least 4 members (excludes halogenated alkanes) is 4. The molecule has 0 aliphatic carbocycles. The van der Waals surface area contributed by atoms with Crippen LogP contribution in [-0.2, 0) is 21.4 Å². The lowest BCUT2D eigenvalue weighted by Gasteiger charge is -2.21. The molecule has 0 saturated carbocycles. The third-order valence-corrected chi connectivity index (χ3v) is 7.26. The minimum atomic E-state index is -0.524. The average molecular weight is 570 g/mol. The van der Waals surface area contributed by atoms with Crippen molar-refractivity contribution in [2.75, 3.05) is 19.0 Å². The highest BCUT2D eigenvalue weighted by Crippen LogP contribution is 2.27. The second kappa shape index (κ2) is 14.7. The third kappa shape index (κ3) is 8.68. The maximum atomic E-state index is 12.6. The number of hydrogen-bond acceptors (Lipinski definition) is 7. The van der Waals surface area contributed by atoms with Crippen LogP contribution in [0, 0.1) is 0 Å². The van der Waals surface area contributed by atoms with Gasteiger partial charge in [-0.05, 0) is 71.5 Å². The van der Waals surface area contributed by atoms with Gasteiger partial charge in [0, 0.05) is 23.2 Å². The summed E-state index contributed by atoms with van der Waals surface area (Å²) in [6, 6.07) is 23.2. The molecule has 3 aromatic carbocycles. The van der Waals surface area contributed by atoms with E-state index in [2.05, 4.69) is 55.3 Å². The van der Waals surface area contributed by atoms with E-state index in [0.717, 1.165) is 41.2 Å². The van der Waals surface area contributed by atoms with Gasteiger partial charge in [-0.2, -0.15) is 0 Å². The number of anilines is 1. The molecule has 1 N–H and O–H groups in total. The Kier molecular flexibility index (Phi) is 10.8. The first kappa shape index (κ1) is 30.8. The number of carbonyl (C=O) groups excluding carboxylic acids is 1. The predicted octanol–water partition coefficient (Wildman–Crippen LogP) is 8.25. The highest BCUT2D eigenvalue weighted by Gasteiger charge is 2.21. The molecule has 7 heteroatoms. The molecular formula is C35H43N3O4. The van der Waals surface area contributed by atoms with Crippen LogP contribution in [-0.4, -0.2) is 35.9 Å². The number of hydrogen-bond donors (Lipinski definition) is 1. The van der Waals surface area contributed by atoms with Crippen LogP contribution in [0.4, 0.5) is 5.69 Å². The maximum absolute atomic E-state index is 12.6. The Morgan fingerprint density at radius 3 is 2.00 bits per heavy atom. The summed E-state index contributed by atoms with van der Waals surface area (Å²) >= 11 is 0. The molecule has 0 aliphatic heterocycles. The van der Waals surface area contributed by atoms with Gasteiger partial charge in [-0.15, -0.1) is 10.2 Å². The number of benzene rings is 3. The van der Waals surface area contributed by atoms with E-state index in [9.17, 15) is 4.79 Å². The molecular weight excluding hydrogens is 526 g/mol. The van der Waals surface area contributed by atoms with E-state index in [4.69, 9.17) is 13.9 Å². The van der Waals surface area contributed by atoms with Gasteiger partial charge in [-0.25, -0.2) is 4.79 Å². The Morgan fingerprint density at radius 2 is 1.43 bits per heavy atom. The van der Waals surface area contributed by atoms with E-state index < -0.39 is 6.04 Å². The fourth-order valence-corrected chi connectivity index (χ4v) is 4.67. The van der Waals surface area contributed by atoms with Crippen molar-refractivity contribution in [2.45, 2.75) is 77.7 Å². The predicted molar refractivity (Wildman–Crippen MR) is 168 cm³/mol. The molecule has 1 heterocycles. The van der Waals surface area contributed by atoms with E-state index in [1.165, 1.54) is 38.4 Å². The summed E-state index contributed by atoms with van der Waals surface area (Å²) in [4.78, 5) is 12.6. The van der Waals surface area contributed by atoms with Gasteiger partial charge in [0.05, 0.1) is 13.7 Å². The van der Waals surface area contributed by atoms with E-state index in [-0.39, 0.29) is 11.4 Å². The summed E-state index contributed by atoms with van der Waals surface area (Å²) in [6.45, 7) is 9.48. The van der Waals surface area contributed by atoms with E-state index in [1.807, 2.05) is 60.7 Å². The van der Waals surface area contributed by atoms with Gasteiger partial charge in [0.1, 0.15) is 11.8 Å². The standard InChI is InChI=1S/C35H43N3O4/c1-6-7-8-9-10-23-41-30-21-15-27(16-22-30)33-38-37-32(42-33)26-13-11-25(12-14-26)24-31(34(39)40-5)36-29-19-17-28(18-20-29)35(2,3)4/h11-22,31,36H,6-10,23-24H2,1-5H3/t31-/m0/s1. The first-order valence-electron chi connectivity index (χ1n) is 14.9. The molecule has 222 valence electrons. The Bertz CT molecular complexity index is 1390. The molecule has 1 aromatic heterocycles. The van der Waals surface area contributed by atoms with Crippen molar-refractivity contribution in [3.05, 3.63) is 83.9 Å². The SMILES string of the molecule is CCCCCCCOc1ccc(-c2nnc(-c3ccc(C[C@H](Nc4ccc(C(C)(C)C)cc4)C(=O)OC)cc3)o2)cc1. The smallest absolute Gasteiger partial charge is 0.328 e.